The Labute approximate surface area is 125 Å². The molecule has 0 saturated carbocycles. The molecule has 0 spiro atoms. The van der Waals surface area contributed by atoms with Crippen molar-refractivity contribution in [3.05, 3.63) is 72.8 Å². The largest absolute Gasteiger partial charge is 0.268 e. The number of benzene rings is 3. The van der Waals surface area contributed by atoms with Crippen LogP contribution in [-0.4, -0.2) is 0 Å². The van der Waals surface area contributed by atoms with Crippen LogP contribution in [0.4, 0.5) is 0 Å². The first-order valence-corrected chi connectivity index (χ1v) is 7.87. The number of hydrogen-bond acceptors (Lipinski definition) is 1. The molecule has 2 heterocycles. The molecule has 0 aliphatic rings. The standard InChI is InChI=1S/C19H12NS/c1-2-6-14-13(5-1)9-11-16-15(14)10-12-19-20(16)17-7-3-4-8-18(17)21-19/h1-12H/q+1. The first-order chi connectivity index (χ1) is 10.4. The third-order valence-electron chi connectivity index (χ3n) is 4.12. The van der Waals surface area contributed by atoms with Crippen molar-refractivity contribution in [1.29, 1.82) is 0 Å². The Morgan fingerprint density at radius 3 is 2.48 bits per heavy atom. The van der Waals surface area contributed by atoms with Gasteiger partial charge in [0.25, 0.3) is 4.83 Å². The maximum Gasteiger partial charge on any atom is 0.268 e. The Bertz CT molecular complexity index is 1140. The summed E-state index contributed by atoms with van der Waals surface area (Å²) in [5.74, 6) is 0. The van der Waals surface area contributed by atoms with Crippen LogP contribution in [0.15, 0.2) is 72.8 Å². The maximum absolute atomic E-state index is 2.38. The summed E-state index contributed by atoms with van der Waals surface area (Å²) < 4.78 is 3.71. The van der Waals surface area contributed by atoms with Gasteiger partial charge in [-0.2, -0.15) is 0 Å². The average molecular weight is 286 g/mol. The molecule has 5 aromatic rings. The number of rotatable bonds is 0. The molecule has 0 amide bonds. The quantitative estimate of drug-likeness (QED) is 0.280. The Kier molecular flexibility index (Phi) is 2.15. The molecule has 0 fully saturated rings. The van der Waals surface area contributed by atoms with Gasteiger partial charge in [-0.25, -0.2) is 0 Å². The fourth-order valence-electron chi connectivity index (χ4n) is 3.17. The Morgan fingerprint density at radius 1 is 0.619 bits per heavy atom. The van der Waals surface area contributed by atoms with Crippen molar-refractivity contribution in [1.82, 2.24) is 0 Å². The van der Waals surface area contributed by atoms with Crippen LogP contribution in [0.1, 0.15) is 0 Å². The van der Waals surface area contributed by atoms with Gasteiger partial charge in [0.1, 0.15) is 4.70 Å². The highest BCUT2D eigenvalue weighted by atomic mass is 32.1. The van der Waals surface area contributed by atoms with Crippen molar-refractivity contribution in [2.45, 2.75) is 0 Å². The molecular weight excluding hydrogens is 274 g/mol. The lowest BCUT2D eigenvalue weighted by molar-refractivity contribution is -0.446. The molecule has 2 heteroatoms. The molecule has 1 nitrogen and oxygen atoms in total. The van der Waals surface area contributed by atoms with E-state index < -0.39 is 0 Å². The lowest BCUT2D eigenvalue weighted by atomic mass is 10.1. The summed E-state index contributed by atoms with van der Waals surface area (Å²) in [7, 11) is 0. The topological polar surface area (TPSA) is 4.10 Å². The molecule has 2 aromatic heterocycles. The number of nitrogens with zero attached hydrogens (tertiary/aromatic N) is 1. The molecule has 21 heavy (non-hydrogen) atoms. The molecule has 5 rings (SSSR count). The number of thiazole rings is 1. The average Bonchev–Trinajstić information content (AvgIpc) is 2.93. The van der Waals surface area contributed by atoms with Crippen LogP contribution in [0.25, 0.3) is 36.7 Å². The molecular formula is C19H12NS+. The second-order valence-electron chi connectivity index (χ2n) is 5.30. The SMILES string of the molecule is c1ccc2c(c1)ccc1c2ccc2sc3ccccc3[n+]21. The molecule has 3 aromatic carbocycles. The highest BCUT2D eigenvalue weighted by Crippen LogP contribution is 2.28. The molecule has 0 bridgehead atoms. The van der Waals surface area contributed by atoms with Crippen molar-refractivity contribution < 1.29 is 4.40 Å². The lowest BCUT2D eigenvalue weighted by Gasteiger charge is -2.00. The number of hydrogen-bond donors (Lipinski definition) is 0. The lowest BCUT2D eigenvalue weighted by Crippen LogP contribution is -2.20. The summed E-state index contributed by atoms with van der Waals surface area (Å²) in [6.45, 7) is 0. The van der Waals surface area contributed by atoms with Gasteiger partial charge in [0.05, 0.1) is 5.39 Å². The molecule has 0 aliphatic heterocycles. The molecule has 0 N–H and O–H groups in total. The zero-order valence-electron chi connectivity index (χ0n) is 11.3. The molecule has 0 atom stereocenters. The van der Waals surface area contributed by atoms with E-state index in [-0.39, 0.29) is 0 Å². The summed E-state index contributed by atoms with van der Waals surface area (Å²) >= 11 is 1.84. The van der Waals surface area contributed by atoms with E-state index in [1.165, 1.54) is 36.7 Å². The van der Waals surface area contributed by atoms with Gasteiger partial charge in [0.2, 0.25) is 11.0 Å². The van der Waals surface area contributed by atoms with E-state index in [1.807, 2.05) is 11.3 Å². The molecule has 0 saturated heterocycles. The monoisotopic (exact) mass is 286 g/mol. The van der Waals surface area contributed by atoms with E-state index in [0.29, 0.717) is 0 Å². The summed E-state index contributed by atoms with van der Waals surface area (Å²) in [5, 5.41) is 3.93. The molecule has 0 aliphatic carbocycles. The fraction of sp³-hybridized carbons (Fsp3) is 0. The molecule has 0 radical (unpaired) electrons. The highest BCUT2D eigenvalue weighted by molar-refractivity contribution is 7.23. The van der Waals surface area contributed by atoms with Crippen molar-refractivity contribution in [2.75, 3.05) is 0 Å². The smallest absolute Gasteiger partial charge is 0.143 e. The first-order valence-electron chi connectivity index (χ1n) is 7.06. The van der Waals surface area contributed by atoms with E-state index in [0.717, 1.165) is 0 Å². The van der Waals surface area contributed by atoms with Gasteiger partial charge >= 0.3 is 0 Å². The number of fused-ring (bicyclic) bond motifs is 7. The number of aromatic nitrogens is 1. The minimum Gasteiger partial charge on any atom is -0.143 e. The van der Waals surface area contributed by atoms with Gasteiger partial charge in [0, 0.05) is 18.2 Å². The van der Waals surface area contributed by atoms with Crippen LogP contribution in [0, 0.1) is 0 Å². The van der Waals surface area contributed by atoms with Gasteiger partial charge < -0.3 is 0 Å². The van der Waals surface area contributed by atoms with E-state index in [1.54, 1.807) is 0 Å². The van der Waals surface area contributed by atoms with E-state index in [4.69, 9.17) is 0 Å². The van der Waals surface area contributed by atoms with Crippen LogP contribution in [0.3, 0.4) is 0 Å². The van der Waals surface area contributed by atoms with Gasteiger partial charge in [-0.1, -0.05) is 47.7 Å². The van der Waals surface area contributed by atoms with Crippen molar-refractivity contribution in [2.24, 2.45) is 0 Å². The van der Waals surface area contributed by atoms with Crippen LogP contribution in [0.2, 0.25) is 0 Å². The van der Waals surface area contributed by atoms with Gasteiger partial charge in [-0.15, -0.1) is 4.40 Å². The van der Waals surface area contributed by atoms with Crippen molar-refractivity contribution in [3.63, 3.8) is 0 Å². The van der Waals surface area contributed by atoms with Crippen LogP contribution in [-0.2, 0) is 0 Å². The van der Waals surface area contributed by atoms with Crippen molar-refractivity contribution >= 4 is 48.1 Å². The maximum atomic E-state index is 2.38. The summed E-state index contributed by atoms with van der Waals surface area (Å²) in [4.78, 5) is 1.29. The van der Waals surface area contributed by atoms with Crippen LogP contribution in [0.5, 0.6) is 0 Å². The zero-order valence-corrected chi connectivity index (χ0v) is 12.1. The summed E-state index contributed by atoms with van der Waals surface area (Å²) in [6.07, 6.45) is 0. The Balaban J connectivity index is 2.11. The van der Waals surface area contributed by atoms with Gasteiger partial charge in [-0.05, 0) is 29.0 Å². The first kappa shape index (κ1) is 11.2. The van der Waals surface area contributed by atoms with E-state index in [9.17, 15) is 0 Å². The van der Waals surface area contributed by atoms with E-state index >= 15 is 0 Å². The summed E-state index contributed by atoms with van der Waals surface area (Å²) in [5.41, 5.74) is 2.57. The number of pyridine rings is 1. The molecule has 0 unspecified atom stereocenters. The second kappa shape index (κ2) is 4.03. The Morgan fingerprint density at radius 2 is 1.48 bits per heavy atom. The Hall–Kier alpha value is -2.45. The zero-order chi connectivity index (χ0) is 13.8. The minimum atomic E-state index is 1.28. The predicted octanol–water partition coefficient (Wildman–Crippen LogP) is 4.95. The van der Waals surface area contributed by atoms with E-state index in [2.05, 4.69) is 77.2 Å². The third kappa shape index (κ3) is 1.48. The predicted molar refractivity (Wildman–Crippen MR) is 90.0 cm³/mol. The highest BCUT2D eigenvalue weighted by Gasteiger charge is 2.17. The second-order valence-corrected chi connectivity index (χ2v) is 6.36. The summed E-state index contributed by atoms with van der Waals surface area (Å²) in [6, 6.07) is 26.2. The third-order valence-corrected chi connectivity index (χ3v) is 5.22. The van der Waals surface area contributed by atoms with Crippen LogP contribution >= 0.6 is 11.3 Å². The normalized spacial score (nSPS) is 11.8. The van der Waals surface area contributed by atoms with Gasteiger partial charge in [-0.3, -0.25) is 0 Å². The van der Waals surface area contributed by atoms with Crippen molar-refractivity contribution in [3.8, 4) is 0 Å². The number of para-hydroxylation sites is 1. The van der Waals surface area contributed by atoms with Gasteiger partial charge in [0.15, 0.2) is 0 Å². The van der Waals surface area contributed by atoms with Crippen LogP contribution < -0.4 is 4.40 Å². The minimum absolute atomic E-state index is 1.28. The molecule has 98 valence electrons. The fourth-order valence-corrected chi connectivity index (χ4v) is 4.23.